The van der Waals surface area contributed by atoms with Gasteiger partial charge in [0.05, 0.1) is 5.56 Å². The van der Waals surface area contributed by atoms with E-state index in [2.05, 4.69) is 15.9 Å². The molecule has 108 valence electrons. The second kappa shape index (κ2) is 5.50. The number of amides is 1. The molecule has 1 aliphatic heterocycles. The summed E-state index contributed by atoms with van der Waals surface area (Å²) < 4.78 is 0.748. The van der Waals surface area contributed by atoms with Crippen LogP contribution in [0.15, 0.2) is 46.9 Å². The molecule has 3 N–H and O–H groups in total. The quantitative estimate of drug-likeness (QED) is 0.834. The summed E-state index contributed by atoms with van der Waals surface area (Å²) in [6.45, 7) is 0.446. The predicted octanol–water partition coefficient (Wildman–Crippen LogP) is 2.68. The minimum Gasteiger partial charge on any atom is -0.507 e. The van der Waals surface area contributed by atoms with Gasteiger partial charge in [-0.3, -0.25) is 4.79 Å². The van der Waals surface area contributed by atoms with E-state index in [1.54, 1.807) is 17.0 Å². The smallest absolute Gasteiger partial charge is 0.262 e. The van der Waals surface area contributed by atoms with Gasteiger partial charge in [-0.15, -0.1) is 0 Å². The highest BCUT2D eigenvalue weighted by molar-refractivity contribution is 9.10. The molecule has 0 bridgehead atoms. The average molecular weight is 347 g/mol. The van der Waals surface area contributed by atoms with Crippen molar-refractivity contribution >= 4 is 27.5 Å². The van der Waals surface area contributed by atoms with E-state index in [-0.39, 0.29) is 23.3 Å². The van der Waals surface area contributed by atoms with Crippen LogP contribution in [0.5, 0.6) is 5.75 Å². The lowest BCUT2D eigenvalue weighted by Gasteiger charge is -2.33. The molecule has 1 unspecified atom stereocenters. The number of benzene rings is 2. The molecule has 1 amide bonds. The Morgan fingerprint density at radius 1 is 1.29 bits per heavy atom. The van der Waals surface area contributed by atoms with Crippen molar-refractivity contribution in [2.24, 2.45) is 5.73 Å². The van der Waals surface area contributed by atoms with Gasteiger partial charge in [0, 0.05) is 22.7 Å². The lowest BCUT2D eigenvalue weighted by atomic mass is 9.97. The number of carbonyl (C=O) groups is 1. The molecule has 5 heteroatoms. The zero-order chi connectivity index (χ0) is 15.0. The molecule has 0 aromatic heterocycles. The van der Waals surface area contributed by atoms with Crippen molar-refractivity contribution in [1.29, 1.82) is 0 Å². The van der Waals surface area contributed by atoms with E-state index in [1.807, 2.05) is 24.3 Å². The number of phenolic OH excluding ortho intramolecular Hbond substituents is 1. The molecule has 1 aliphatic rings. The average Bonchev–Trinajstić information content (AvgIpc) is 2.48. The maximum atomic E-state index is 12.8. The predicted molar refractivity (Wildman–Crippen MR) is 85.6 cm³/mol. The number of fused-ring (bicyclic) bond motifs is 1. The summed E-state index contributed by atoms with van der Waals surface area (Å²) in [5.74, 6) is -0.267. The Balaban J connectivity index is 2.04. The second-order valence-electron chi connectivity index (χ2n) is 5.17. The van der Waals surface area contributed by atoms with Crippen LogP contribution in [0.25, 0.3) is 0 Å². The molecule has 0 spiro atoms. The molecule has 0 saturated carbocycles. The van der Waals surface area contributed by atoms with Crippen LogP contribution in [-0.4, -0.2) is 23.6 Å². The fraction of sp³-hybridized carbons (Fsp3) is 0.188. The van der Waals surface area contributed by atoms with Crippen molar-refractivity contribution in [3.63, 3.8) is 0 Å². The van der Waals surface area contributed by atoms with Crippen LogP contribution in [0.1, 0.15) is 15.9 Å². The van der Waals surface area contributed by atoms with Gasteiger partial charge in [0.2, 0.25) is 0 Å². The zero-order valence-corrected chi connectivity index (χ0v) is 12.9. The van der Waals surface area contributed by atoms with E-state index in [1.165, 1.54) is 6.07 Å². The molecular formula is C16H15BrN2O2. The molecule has 0 fully saturated rings. The summed E-state index contributed by atoms with van der Waals surface area (Å²) in [5.41, 5.74) is 8.25. The minimum absolute atomic E-state index is 0.0279. The number of hydrogen-bond acceptors (Lipinski definition) is 3. The Morgan fingerprint density at radius 2 is 2.05 bits per heavy atom. The van der Waals surface area contributed by atoms with Crippen molar-refractivity contribution in [3.8, 4) is 5.75 Å². The maximum Gasteiger partial charge on any atom is 0.262 e. The topological polar surface area (TPSA) is 66.6 Å². The van der Waals surface area contributed by atoms with E-state index in [4.69, 9.17) is 5.73 Å². The molecule has 1 atom stereocenters. The molecule has 0 aliphatic carbocycles. The Bertz CT molecular complexity index is 702. The van der Waals surface area contributed by atoms with Crippen LogP contribution in [0.4, 0.5) is 5.69 Å². The van der Waals surface area contributed by atoms with E-state index < -0.39 is 0 Å². The first kappa shape index (κ1) is 14.1. The number of carbonyl (C=O) groups excluding carboxylic acids is 1. The molecule has 2 aromatic rings. The Hall–Kier alpha value is -1.85. The number of halogens is 1. The fourth-order valence-electron chi connectivity index (χ4n) is 2.64. The highest BCUT2D eigenvalue weighted by Gasteiger charge is 2.28. The summed E-state index contributed by atoms with van der Waals surface area (Å²) in [5, 5.41) is 9.95. The summed E-state index contributed by atoms with van der Waals surface area (Å²) in [7, 11) is 0. The van der Waals surface area contributed by atoms with Crippen LogP contribution in [0.3, 0.4) is 0 Å². The third-order valence-corrected chi connectivity index (χ3v) is 4.11. The van der Waals surface area contributed by atoms with Gasteiger partial charge in [-0.05, 0) is 36.2 Å². The first-order valence-corrected chi connectivity index (χ1v) is 7.49. The minimum atomic E-state index is -0.239. The molecule has 1 heterocycles. The molecule has 0 saturated heterocycles. The first-order chi connectivity index (χ1) is 10.1. The molecule has 0 radical (unpaired) electrons. The largest absolute Gasteiger partial charge is 0.507 e. The van der Waals surface area contributed by atoms with Crippen LogP contribution >= 0.6 is 15.9 Å². The number of aromatic hydroxyl groups is 1. The normalized spacial score (nSPS) is 17.4. The monoisotopic (exact) mass is 346 g/mol. The van der Waals surface area contributed by atoms with Crippen LogP contribution in [0.2, 0.25) is 0 Å². The zero-order valence-electron chi connectivity index (χ0n) is 11.3. The number of hydrogen-bond donors (Lipinski definition) is 2. The van der Waals surface area contributed by atoms with E-state index >= 15 is 0 Å². The standard InChI is InChI=1S/C16H15BrN2O2/c17-11-5-6-15(20)13(8-11)16(21)19-9-12(18)7-10-3-1-2-4-14(10)19/h1-6,8,12,20H,7,9,18H2. The highest BCUT2D eigenvalue weighted by Crippen LogP contribution is 2.30. The summed E-state index contributed by atoms with van der Waals surface area (Å²) >= 11 is 3.33. The molecule has 2 aromatic carbocycles. The van der Waals surface area contributed by atoms with Gasteiger partial charge in [0.15, 0.2) is 0 Å². The SMILES string of the molecule is NC1Cc2ccccc2N(C(=O)c2cc(Br)ccc2O)C1. The van der Waals surface area contributed by atoms with Crippen LogP contribution in [0, 0.1) is 0 Å². The van der Waals surface area contributed by atoms with E-state index in [0.717, 1.165) is 22.1 Å². The van der Waals surface area contributed by atoms with Gasteiger partial charge >= 0.3 is 0 Å². The molecule has 21 heavy (non-hydrogen) atoms. The number of nitrogens with zero attached hydrogens (tertiary/aromatic N) is 1. The summed E-state index contributed by atoms with van der Waals surface area (Å²) in [4.78, 5) is 14.4. The van der Waals surface area contributed by atoms with Crippen molar-refractivity contribution in [1.82, 2.24) is 0 Å². The van der Waals surface area contributed by atoms with Gasteiger partial charge in [-0.25, -0.2) is 0 Å². The van der Waals surface area contributed by atoms with Gasteiger partial charge in [-0.1, -0.05) is 34.1 Å². The second-order valence-corrected chi connectivity index (χ2v) is 6.09. The van der Waals surface area contributed by atoms with Crippen molar-refractivity contribution in [2.75, 3.05) is 11.4 Å². The third-order valence-electron chi connectivity index (χ3n) is 3.62. The fourth-order valence-corrected chi connectivity index (χ4v) is 3.00. The highest BCUT2D eigenvalue weighted by atomic mass is 79.9. The van der Waals surface area contributed by atoms with Gasteiger partial charge in [0.1, 0.15) is 5.75 Å². The number of para-hydroxylation sites is 1. The molecule has 3 rings (SSSR count). The summed E-state index contributed by atoms with van der Waals surface area (Å²) in [6, 6.07) is 12.5. The van der Waals surface area contributed by atoms with Gasteiger partial charge in [0.25, 0.3) is 5.91 Å². The Morgan fingerprint density at radius 3 is 2.86 bits per heavy atom. The number of anilines is 1. The molecule has 4 nitrogen and oxygen atoms in total. The number of rotatable bonds is 1. The van der Waals surface area contributed by atoms with Crippen molar-refractivity contribution in [2.45, 2.75) is 12.5 Å². The third kappa shape index (κ3) is 2.66. The summed E-state index contributed by atoms with van der Waals surface area (Å²) in [6.07, 6.45) is 0.754. The lowest BCUT2D eigenvalue weighted by molar-refractivity contribution is 0.0981. The first-order valence-electron chi connectivity index (χ1n) is 6.70. The Labute approximate surface area is 131 Å². The van der Waals surface area contributed by atoms with E-state index in [0.29, 0.717) is 6.54 Å². The number of nitrogens with two attached hydrogens (primary N) is 1. The lowest BCUT2D eigenvalue weighted by Crippen LogP contribution is -2.46. The van der Waals surface area contributed by atoms with Crippen molar-refractivity contribution in [3.05, 3.63) is 58.1 Å². The number of phenols is 1. The van der Waals surface area contributed by atoms with E-state index in [9.17, 15) is 9.90 Å². The van der Waals surface area contributed by atoms with Gasteiger partial charge in [-0.2, -0.15) is 0 Å². The molecular weight excluding hydrogens is 332 g/mol. The van der Waals surface area contributed by atoms with Gasteiger partial charge < -0.3 is 15.7 Å². The maximum absolute atomic E-state index is 12.8. The Kier molecular flexibility index (Phi) is 3.69. The van der Waals surface area contributed by atoms with Crippen LogP contribution in [-0.2, 0) is 6.42 Å². The van der Waals surface area contributed by atoms with Crippen molar-refractivity contribution < 1.29 is 9.90 Å². The van der Waals surface area contributed by atoms with Crippen LogP contribution < -0.4 is 10.6 Å².